The van der Waals surface area contributed by atoms with Gasteiger partial charge in [-0.3, -0.25) is 38.4 Å². The summed E-state index contributed by atoms with van der Waals surface area (Å²) in [6.45, 7) is -3.37. The number of carbonyl (C=O) groups is 10. The Labute approximate surface area is 375 Å². The van der Waals surface area contributed by atoms with Crippen molar-refractivity contribution < 1.29 is 83.3 Å². The summed E-state index contributed by atoms with van der Waals surface area (Å²) in [4.78, 5) is 121. The number of hydrogen-bond donors (Lipinski definition) is 13. The molecular formula is C41H63N7O17. The first-order valence-corrected chi connectivity index (χ1v) is 21.1. The Morgan fingerprint density at radius 1 is 0.492 bits per heavy atom. The fourth-order valence-electron chi connectivity index (χ4n) is 5.77. The van der Waals surface area contributed by atoms with Crippen LogP contribution in [-0.4, -0.2) is 166 Å². The Morgan fingerprint density at radius 2 is 0.908 bits per heavy atom. The number of aromatic carboxylic acids is 1. The first-order chi connectivity index (χ1) is 30.9. The number of benzene rings is 1. The molecule has 0 aliphatic rings. The van der Waals surface area contributed by atoms with Gasteiger partial charge in [-0.25, -0.2) is 9.59 Å². The Kier molecular flexibility index (Phi) is 28.3. The molecular weight excluding hydrogens is 862 g/mol. The van der Waals surface area contributed by atoms with Crippen molar-refractivity contribution in [3.8, 4) is 5.75 Å². The van der Waals surface area contributed by atoms with Crippen LogP contribution in [0.4, 0.5) is 0 Å². The molecule has 65 heavy (non-hydrogen) atoms. The number of hydrogen-bond acceptors (Lipinski definition) is 15. The lowest BCUT2D eigenvalue weighted by Gasteiger charge is -2.22. The summed E-state index contributed by atoms with van der Waals surface area (Å²) in [5.74, 6) is -8.92. The number of carboxylic acid groups (broad SMARTS) is 2. The van der Waals surface area contributed by atoms with E-state index in [1.54, 1.807) is 12.1 Å². The van der Waals surface area contributed by atoms with Gasteiger partial charge in [0, 0.05) is 12.8 Å². The van der Waals surface area contributed by atoms with E-state index >= 15 is 0 Å². The third-order valence-corrected chi connectivity index (χ3v) is 9.45. The predicted molar refractivity (Wildman–Crippen MR) is 227 cm³/mol. The van der Waals surface area contributed by atoms with Crippen LogP contribution in [0, 0.1) is 0 Å². The second-order valence-electron chi connectivity index (χ2n) is 14.8. The number of amides is 7. The molecule has 0 aliphatic heterocycles. The zero-order valence-electron chi connectivity index (χ0n) is 36.3. The fraction of sp³-hybridized carbons (Fsp3) is 0.610. The van der Waals surface area contributed by atoms with Crippen LogP contribution in [0.15, 0.2) is 24.3 Å². The standard InChI is InChI=1S/C41H63N7O17/c1-25(53)19-42-36(57)29(21-49)47-39(60)32(24-52)46-35(56)20-43-37(58)30(22-50)48-38(59)31(23-51)45-34(55)17-16-28(41(63)64)44-33(54)11-9-7-5-3-2-4-6-8-10-18-65-27-14-12-26(13-15-27)40(61)62/h12-15,28-32,49-52H,2-11,16-24H2,1H3,(H,42,57)(H,43,58)(H,44,54)(H,45,55)(H,46,56)(H,47,60)(H,48,59)(H,61,62)(H,63,64)/t28-,29-,30-,31-,32-/m0/s1. The highest BCUT2D eigenvalue weighted by Crippen LogP contribution is 2.14. The van der Waals surface area contributed by atoms with Crippen molar-refractivity contribution in [3.63, 3.8) is 0 Å². The van der Waals surface area contributed by atoms with Crippen LogP contribution in [0.25, 0.3) is 0 Å². The topological polar surface area (TPSA) is 386 Å². The van der Waals surface area contributed by atoms with E-state index in [0.717, 1.165) is 51.4 Å². The number of ether oxygens (including phenoxy) is 1. The van der Waals surface area contributed by atoms with Crippen molar-refractivity contribution in [2.24, 2.45) is 0 Å². The van der Waals surface area contributed by atoms with E-state index in [2.05, 4.69) is 37.2 Å². The maximum absolute atomic E-state index is 12.8. The molecule has 1 aromatic rings. The van der Waals surface area contributed by atoms with Gasteiger partial charge in [0.25, 0.3) is 0 Å². The maximum atomic E-state index is 12.8. The number of nitrogens with one attached hydrogen (secondary N) is 7. The molecule has 0 spiro atoms. The Hall–Kier alpha value is -6.24. The monoisotopic (exact) mass is 925 g/mol. The molecule has 1 rings (SSSR count). The number of aliphatic carboxylic acids is 1. The lowest BCUT2D eigenvalue weighted by Crippen LogP contribution is -2.58. The predicted octanol–water partition coefficient (Wildman–Crippen LogP) is -3.26. The SMILES string of the molecule is CC(=O)CNC(=O)[C@H](CO)NC(=O)[C@H](CO)NC(=O)CNC(=O)[C@H](CO)NC(=O)[C@H](CO)NC(=O)CC[C@H](NC(=O)CCCCCCCCCCCOc1ccc(C(=O)O)cc1)C(=O)O. The van der Waals surface area contributed by atoms with Crippen molar-refractivity contribution in [1.29, 1.82) is 0 Å². The molecule has 7 amide bonds. The van der Waals surface area contributed by atoms with Gasteiger partial charge in [0.1, 0.15) is 41.7 Å². The number of rotatable bonds is 35. The van der Waals surface area contributed by atoms with Crippen molar-refractivity contribution >= 4 is 59.1 Å². The summed E-state index contributed by atoms with van der Waals surface area (Å²) >= 11 is 0. The van der Waals surface area contributed by atoms with E-state index in [1.165, 1.54) is 19.1 Å². The molecule has 24 nitrogen and oxygen atoms in total. The van der Waals surface area contributed by atoms with E-state index < -0.39 is 129 Å². The molecule has 5 atom stereocenters. The summed E-state index contributed by atoms with van der Waals surface area (Å²) in [6.07, 6.45) is 7.33. The first kappa shape index (κ1) is 56.8. The molecule has 0 fully saturated rings. The molecule has 24 heteroatoms. The molecule has 0 bridgehead atoms. The largest absolute Gasteiger partial charge is 0.494 e. The molecule has 0 aromatic heterocycles. The van der Waals surface area contributed by atoms with E-state index in [0.29, 0.717) is 18.8 Å². The van der Waals surface area contributed by atoms with Crippen molar-refractivity contribution in [3.05, 3.63) is 29.8 Å². The van der Waals surface area contributed by atoms with Crippen LogP contribution in [0.3, 0.4) is 0 Å². The molecule has 0 aliphatic carbocycles. The maximum Gasteiger partial charge on any atom is 0.335 e. The van der Waals surface area contributed by atoms with Crippen LogP contribution in [0.2, 0.25) is 0 Å². The average molecular weight is 926 g/mol. The van der Waals surface area contributed by atoms with E-state index in [9.17, 15) is 73.5 Å². The van der Waals surface area contributed by atoms with Crippen molar-refractivity contribution in [2.45, 2.75) is 114 Å². The third-order valence-electron chi connectivity index (χ3n) is 9.45. The molecule has 0 heterocycles. The van der Waals surface area contributed by atoms with Gasteiger partial charge >= 0.3 is 11.9 Å². The summed E-state index contributed by atoms with van der Waals surface area (Å²) < 4.78 is 5.63. The second-order valence-corrected chi connectivity index (χ2v) is 14.8. The molecule has 1 aromatic carbocycles. The van der Waals surface area contributed by atoms with Gasteiger partial charge in [-0.2, -0.15) is 0 Å². The van der Waals surface area contributed by atoms with Crippen LogP contribution in [0.1, 0.15) is 94.3 Å². The van der Waals surface area contributed by atoms with Gasteiger partial charge in [0.2, 0.25) is 41.4 Å². The molecule has 364 valence electrons. The van der Waals surface area contributed by atoms with Crippen LogP contribution in [0.5, 0.6) is 5.75 Å². The zero-order valence-corrected chi connectivity index (χ0v) is 36.3. The highest BCUT2D eigenvalue weighted by atomic mass is 16.5. The van der Waals surface area contributed by atoms with Gasteiger partial charge in [-0.1, -0.05) is 44.9 Å². The van der Waals surface area contributed by atoms with E-state index in [1.807, 2.05) is 0 Å². The quantitative estimate of drug-likeness (QED) is 0.0297. The summed E-state index contributed by atoms with van der Waals surface area (Å²) in [7, 11) is 0. The summed E-state index contributed by atoms with van der Waals surface area (Å²) in [5.41, 5.74) is 0.197. The Morgan fingerprint density at radius 3 is 1.37 bits per heavy atom. The average Bonchev–Trinajstić information content (AvgIpc) is 3.28. The second kappa shape index (κ2) is 32.4. The number of ketones is 1. The number of aliphatic hydroxyl groups excluding tert-OH is 4. The zero-order chi connectivity index (χ0) is 48.7. The highest BCUT2D eigenvalue weighted by molar-refractivity contribution is 5.96. The highest BCUT2D eigenvalue weighted by Gasteiger charge is 2.29. The molecule has 13 N–H and O–H groups in total. The third kappa shape index (κ3) is 24.4. The van der Waals surface area contributed by atoms with E-state index in [-0.39, 0.29) is 24.9 Å². The lowest BCUT2D eigenvalue weighted by atomic mass is 10.1. The molecule has 0 radical (unpaired) electrons. The molecule has 0 saturated heterocycles. The number of unbranched alkanes of at least 4 members (excludes halogenated alkanes) is 8. The smallest absolute Gasteiger partial charge is 0.335 e. The van der Waals surface area contributed by atoms with E-state index in [4.69, 9.17) is 9.84 Å². The number of Topliss-reactive ketones (excluding diaryl/α,β-unsaturated/α-hetero) is 1. The first-order valence-electron chi connectivity index (χ1n) is 21.1. The summed E-state index contributed by atoms with van der Waals surface area (Å²) in [5, 5.41) is 71.9. The fourth-order valence-corrected chi connectivity index (χ4v) is 5.77. The minimum Gasteiger partial charge on any atom is -0.494 e. The van der Waals surface area contributed by atoms with Crippen molar-refractivity contribution in [2.75, 3.05) is 46.1 Å². The van der Waals surface area contributed by atoms with Gasteiger partial charge < -0.3 is 72.6 Å². The summed E-state index contributed by atoms with van der Waals surface area (Å²) in [6, 6.07) is -1.77. The van der Waals surface area contributed by atoms with Gasteiger partial charge in [-0.15, -0.1) is 0 Å². The normalized spacial score (nSPS) is 13.1. The number of carboxylic acids is 2. The van der Waals surface area contributed by atoms with Crippen molar-refractivity contribution in [1.82, 2.24) is 37.2 Å². The number of carbonyl (C=O) groups excluding carboxylic acids is 8. The minimum absolute atomic E-state index is 0.0736. The van der Waals surface area contributed by atoms with Crippen LogP contribution in [-0.2, 0) is 43.2 Å². The molecule has 0 unspecified atom stereocenters. The van der Waals surface area contributed by atoms with Gasteiger partial charge in [0.05, 0.1) is 51.7 Å². The number of aliphatic hydroxyl groups is 4. The lowest BCUT2D eigenvalue weighted by molar-refractivity contribution is -0.142. The van der Waals surface area contributed by atoms with Crippen LogP contribution >= 0.6 is 0 Å². The minimum atomic E-state index is -1.72. The Bertz CT molecular complexity index is 1730. The van der Waals surface area contributed by atoms with Crippen LogP contribution < -0.4 is 42.0 Å². The molecule has 0 saturated carbocycles. The Balaban J connectivity index is 2.39. The van der Waals surface area contributed by atoms with Gasteiger partial charge in [-0.05, 0) is 50.5 Å². The van der Waals surface area contributed by atoms with Gasteiger partial charge in [0.15, 0.2) is 0 Å².